The Hall–Kier alpha value is -0.420. The molecule has 3 rings (SSSR count). The summed E-state index contributed by atoms with van der Waals surface area (Å²) in [6.45, 7) is 2.21. The molecule has 2 aliphatic rings. The molecule has 0 N–H and O–H groups in total. The number of aromatic nitrogens is 4. The molecule has 138 valence electrons. The Bertz CT molecular complexity index is 700. The van der Waals surface area contributed by atoms with Gasteiger partial charge in [-0.25, -0.2) is 4.68 Å². The third kappa shape index (κ3) is 4.13. The summed E-state index contributed by atoms with van der Waals surface area (Å²) in [5.41, 5.74) is 0. The molecule has 0 aromatic carbocycles. The lowest BCUT2D eigenvalue weighted by atomic mass is 9.97. The normalized spacial score (nSPS) is 28.7. The second-order valence-electron chi connectivity index (χ2n) is 6.00. The molecule has 1 aromatic rings. The van der Waals surface area contributed by atoms with Gasteiger partial charge in [-0.3, -0.25) is 9.59 Å². The van der Waals surface area contributed by atoms with Crippen molar-refractivity contribution in [1.29, 1.82) is 0 Å². The number of amides is 1. The number of halogens is 3. The predicted molar refractivity (Wildman–Crippen MR) is 95.8 cm³/mol. The average Bonchev–Trinajstić information content (AvgIpc) is 3.05. The zero-order valence-corrected chi connectivity index (χ0v) is 17.1. The van der Waals surface area contributed by atoms with E-state index in [-0.39, 0.29) is 22.6 Å². The number of β-lactam (4-membered cyclic amide) rings is 1. The number of hydrogen-bond donors (Lipinski definition) is 0. The van der Waals surface area contributed by atoms with E-state index < -0.39 is 15.7 Å². The lowest BCUT2D eigenvalue weighted by molar-refractivity contribution is -0.167. The molecular formula is C12H14Cl3N5O3S2. The Morgan fingerprint density at radius 3 is 2.84 bits per heavy atom. The Kier molecular flexibility index (Phi) is 5.38. The Morgan fingerprint density at radius 1 is 1.52 bits per heavy atom. The summed E-state index contributed by atoms with van der Waals surface area (Å²) in [7, 11) is 1.76. The number of hydrogen-bond acceptors (Lipinski definition) is 8. The zero-order chi connectivity index (χ0) is 18.4. The molecule has 3 atom stereocenters. The van der Waals surface area contributed by atoms with Gasteiger partial charge >= 0.3 is 5.97 Å². The number of tetrazole rings is 1. The maximum Gasteiger partial charge on any atom is 0.321 e. The van der Waals surface area contributed by atoms with Gasteiger partial charge in [0.2, 0.25) is 14.9 Å². The van der Waals surface area contributed by atoms with Crippen molar-refractivity contribution in [2.24, 2.45) is 13.0 Å². The average molecular weight is 447 g/mol. The lowest BCUT2D eigenvalue weighted by Gasteiger charge is -2.39. The SMILES string of the molecule is Cn1nnnc1SCC1(C)CN2C(=O)C(C(=O)OCC(Cl)(Cl)Cl)[C@H]2S1. The summed E-state index contributed by atoms with van der Waals surface area (Å²) < 4.78 is 4.63. The molecule has 2 fully saturated rings. The number of carbonyl (C=O) groups is 2. The van der Waals surface area contributed by atoms with Crippen molar-refractivity contribution in [2.75, 3.05) is 18.9 Å². The van der Waals surface area contributed by atoms with Gasteiger partial charge in [0, 0.05) is 24.1 Å². The maximum atomic E-state index is 12.3. The number of esters is 1. The van der Waals surface area contributed by atoms with Crippen molar-refractivity contribution in [3.8, 4) is 0 Å². The van der Waals surface area contributed by atoms with Crippen molar-refractivity contribution in [3.05, 3.63) is 0 Å². The van der Waals surface area contributed by atoms with Crippen LogP contribution in [0.1, 0.15) is 6.92 Å². The molecule has 3 heterocycles. The first-order chi connectivity index (χ1) is 11.6. The molecule has 0 bridgehead atoms. The zero-order valence-electron chi connectivity index (χ0n) is 13.2. The molecule has 2 unspecified atom stereocenters. The van der Waals surface area contributed by atoms with Gasteiger partial charge in [0.05, 0.1) is 0 Å². The lowest BCUT2D eigenvalue weighted by Crippen LogP contribution is -2.60. The van der Waals surface area contributed by atoms with Crippen LogP contribution in [-0.4, -0.2) is 69.8 Å². The largest absolute Gasteiger partial charge is 0.460 e. The summed E-state index contributed by atoms with van der Waals surface area (Å²) in [4.78, 5) is 26.1. The fourth-order valence-corrected chi connectivity index (χ4v) is 5.53. The number of ether oxygens (including phenoxy) is 1. The van der Waals surface area contributed by atoms with Gasteiger partial charge in [0.15, 0.2) is 5.92 Å². The molecular weight excluding hydrogens is 433 g/mol. The molecule has 0 aliphatic carbocycles. The first kappa shape index (κ1) is 19.3. The smallest absolute Gasteiger partial charge is 0.321 e. The minimum absolute atomic E-state index is 0.221. The van der Waals surface area contributed by atoms with Crippen molar-refractivity contribution in [3.63, 3.8) is 0 Å². The minimum Gasteiger partial charge on any atom is -0.460 e. The van der Waals surface area contributed by atoms with Crippen LogP contribution >= 0.6 is 58.3 Å². The quantitative estimate of drug-likeness (QED) is 0.221. The van der Waals surface area contributed by atoms with E-state index >= 15 is 0 Å². The first-order valence-electron chi connectivity index (χ1n) is 7.16. The van der Waals surface area contributed by atoms with Crippen molar-refractivity contribution in [2.45, 2.75) is 26.0 Å². The summed E-state index contributed by atoms with van der Waals surface area (Å²) in [5.74, 6) is -1.05. The topological polar surface area (TPSA) is 90.2 Å². The number of thioether (sulfide) groups is 2. The van der Waals surface area contributed by atoms with E-state index in [9.17, 15) is 9.59 Å². The molecule has 25 heavy (non-hydrogen) atoms. The van der Waals surface area contributed by atoms with E-state index in [1.54, 1.807) is 28.4 Å². The predicted octanol–water partition coefficient (Wildman–Crippen LogP) is 1.51. The van der Waals surface area contributed by atoms with Crippen LogP contribution in [0.3, 0.4) is 0 Å². The summed E-state index contributed by atoms with van der Waals surface area (Å²) >= 11 is 19.8. The van der Waals surface area contributed by atoms with Gasteiger partial charge < -0.3 is 9.64 Å². The van der Waals surface area contributed by atoms with E-state index in [0.29, 0.717) is 17.5 Å². The molecule has 1 aromatic heterocycles. The van der Waals surface area contributed by atoms with Gasteiger partial charge in [-0.1, -0.05) is 46.6 Å². The second kappa shape index (κ2) is 6.95. The van der Waals surface area contributed by atoms with Crippen molar-refractivity contribution >= 4 is 70.2 Å². The molecule has 1 amide bonds. The van der Waals surface area contributed by atoms with Crippen LogP contribution in [0.4, 0.5) is 0 Å². The van der Waals surface area contributed by atoms with Gasteiger partial charge in [-0.15, -0.1) is 16.9 Å². The molecule has 0 spiro atoms. The highest BCUT2D eigenvalue weighted by molar-refractivity contribution is 8.04. The highest BCUT2D eigenvalue weighted by Crippen LogP contribution is 2.51. The monoisotopic (exact) mass is 445 g/mol. The Balaban J connectivity index is 1.58. The molecule has 0 saturated carbocycles. The standard InChI is InChI=1S/C12H14Cl3N5O3S2/c1-11(5-24-10-16-17-18-19(10)2)3-20-7(21)6(8(20)25-11)9(22)23-4-12(13,14)15/h6,8H,3-5H2,1-2H3/t6?,8-,11?/m1/s1. The molecule has 2 aliphatic heterocycles. The van der Waals surface area contributed by atoms with E-state index in [1.165, 1.54) is 11.8 Å². The van der Waals surface area contributed by atoms with E-state index in [4.69, 9.17) is 39.5 Å². The summed E-state index contributed by atoms with van der Waals surface area (Å²) in [5, 5.41) is 11.8. The highest BCUT2D eigenvalue weighted by atomic mass is 35.6. The van der Waals surface area contributed by atoms with Gasteiger partial charge in [-0.05, 0) is 17.4 Å². The number of rotatable bonds is 5. The van der Waals surface area contributed by atoms with Crippen molar-refractivity contribution in [1.82, 2.24) is 25.1 Å². The third-order valence-electron chi connectivity index (χ3n) is 3.77. The van der Waals surface area contributed by atoms with Crippen LogP contribution in [0.5, 0.6) is 0 Å². The number of nitrogens with zero attached hydrogens (tertiary/aromatic N) is 5. The Morgan fingerprint density at radius 2 is 2.24 bits per heavy atom. The molecule has 13 heteroatoms. The minimum atomic E-state index is -1.69. The van der Waals surface area contributed by atoms with Crippen LogP contribution < -0.4 is 0 Å². The fourth-order valence-electron chi connectivity index (χ4n) is 2.61. The molecule has 2 saturated heterocycles. The first-order valence-corrected chi connectivity index (χ1v) is 10.2. The van der Waals surface area contributed by atoms with Gasteiger partial charge in [0.25, 0.3) is 0 Å². The van der Waals surface area contributed by atoms with Crippen molar-refractivity contribution < 1.29 is 14.3 Å². The van der Waals surface area contributed by atoms with Crippen LogP contribution in [0, 0.1) is 5.92 Å². The van der Waals surface area contributed by atoms with Crippen LogP contribution in [0.2, 0.25) is 0 Å². The molecule has 8 nitrogen and oxygen atoms in total. The number of alkyl halides is 3. The van der Waals surface area contributed by atoms with Gasteiger partial charge in [0.1, 0.15) is 12.0 Å². The molecule has 0 radical (unpaired) electrons. The highest BCUT2D eigenvalue weighted by Gasteiger charge is 2.60. The van der Waals surface area contributed by atoms with Crippen LogP contribution in [-0.2, 0) is 21.4 Å². The van der Waals surface area contributed by atoms with Crippen LogP contribution in [0.15, 0.2) is 5.16 Å². The fraction of sp³-hybridized carbons (Fsp3) is 0.750. The van der Waals surface area contributed by atoms with Crippen LogP contribution in [0.25, 0.3) is 0 Å². The summed E-state index contributed by atoms with van der Waals surface area (Å²) in [6, 6.07) is 0. The number of aryl methyl sites for hydroxylation is 1. The maximum absolute atomic E-state index is 12.3. The van der Waals surface area contributed by atoms with E-state index in [0.717, 1.165) is 0 Å². The summed E-state index contributed by atoms with van der Waals surface area (Å²) in [6.07, 6.45) is 0. The number of fused-ring (bicyclic) bond motifs is 1. The third-order valence-corrected chi connectivity index (χ3v) is 7.28. The van der Waals surface area contributed by atoms with Gasteiger partial charge in [-0.2, -0.15) is 0 Å². The van der Waals surface area contributed by atoms with E-state index in [2.05, 4.69) is 15.5 Å². The number of carbonyl (C=O) groups excluding carboxylic acids is 2. The van der Waals surface area contributed by atoms with E-state index in [1.807, 2.05) is 6.92 Å². The Labute approximate surface area is 167 Å². The second-order valence-corrected chi connectivity index (χ2v) is 11.2.